The Labute approximate surface area is 116 Å². The molecule has 4 N–H and O–H groups in total. The van der Waals surface area contributed by atoms with Gasteiger partial charge in [-0.1, -0.05) is 16.8 Å². The van der Waals surface area contributed by atoms with E-state index in [0.29, 0.717) is 11.3 Å². The van der Waals surface area contributed by atoms with Gasteiger partial charge in [-0.15, -0.1) is 0 Å². The quantitative estimate of drug-likeness (QED) is 0.340. The number of nitrogens with one attached hydrogen (secondary N) is 1. The molecule has 0 bridgehead atoms. The smallest absolute Gasteiger partial charge is 0.256 e. The minimum absolute atomic E-state index is 0.0583. The van der Waals surface area contributed by atoms with Gasteiger partial charge in [-0.25, -0.2) is 0 Å². The van der Waals surface area contributed by atoms with E-state index in [1.807, 2.05) is 0 Å². The van der Waals surface area contributed by atoms with Gasteiger partial charge in [0.05, 0.1) is 10.7 Å². The van der Waals surface area contributed by atoms with Gasteiger partial charge in [0.2, 0.25) is 0 Å². The third kappa shape index (κ3) is 3.59. The van der Waals surface area contributed by atoms with E-state index in [1.165, 1.54) is 13.2 Å². The fourth-order valence-electron chi connectivity index (χ4n) is 1.20. The Morgan fingerprint density at radius 2 is 2.16 bits per heavy atom. The third-order valence-corrected chi connectivity index (χ3v) is 2.99. The summed E-state index contributed by atoms with van der Waals surface area (Å²) < 4.78 is 5.06. The molecule has 7 heteroatoms. The van der Waals surface area contributed by atoms with Gasteiger partial charge in [-0.05, 0) is 32.0 Å². The molecule has 1 rings (SSSR count). The van der Waals surface area contributed by atoms with Crippen LogP contribution in [0.4, 0.5) is 5.69 Å². The van der Waals surface area contributed by atoms with Crippen molar-refractivity contribution in [2.45, 2.75) is 19.4 Å². The normalized spacial score (nSPS) is 12.3. The molecule has 0 spiro atoms. The fraction of sp³-hybridized carbons (Fsp3) is 0.333. The topological polar surface area (TPSA) is 96.9 Å². The second kappa shape index (κ2) is 5.90. The molecule has 104 valence electrons. The van der Waals surface area contributed by atoms with Gasteiger partial charge in [-0.2, -0.15) is 0 Å². The van der Waals surface area contributed by atoms with Crippen molar-refractivity contribution < 1.29 is 14.7 Å². The van der Waals surface area contributed by atoms with Crippen molar-refractivity contribution in [3.63, 3.8) is 0 Å². The van der Waals surface area contributed by atoms with Crippen molar-refractivity contribution in [2.24, 2.45) is 10.9 Å². The van der Waals surface area contributed by atoms with Gasteiger partial charge in [0.15, 0.2) is 5.84 Å². The molecule has 1 aromatic carbocycles. The highest BCUT2D eigenvalue weighted by Crippen LogP contribution is 2.24. The highest BCUT2D eigenvalue weighted by molar-refractivity contribution is 6.34. The van der Waals surface area contributed by atoms with Gasteiger partial charge < -0.3 is 21.0 Å². The van der Waals surface area contributed by atoms with E-state index in [1.54, 1.807) is 26.0 Å². The number of ether oxygens (including phenoxy) is 1. The summed E-state index contributed by atoms with van der Waals surface area (Å²) in [5.74, 6) is -0.384. The number of hydrogen-bond donors (Lipinski definition) is 3. The predicted molar refractivity (Wildman–Crippen MR) is 73.7 cm³/mol. The summed E-state index contributed by atoms with van der Waals surface area (Å²) >= 11 is 6.02. The summed E-state index contributed by atoms with van der Waals surface area (Å²) in [5.41, 5.74) is 5.35. The van der Waals surface area contributed by atoms with Crippen LogP contribution in [0.2, 0.25) is 5.02 Å². The Bertz CT molecular complexity index is 515. The van der Waals surface area contributed by atoms with Gasteiger partial charge in [-0.3, -0.25) is 4.79 Å². The summed E-state index contributed by atoms with van der Waals surface area (Å²) in [7, 11) is 1.45. The number of rotatable bonds is 4. The van der Waals surface area contributed by atoms with E-state index in [2.05, 4.69) is 10.5 Å². The largest absolute Gasteiger partial charge is 0.409 e. The van der Waals surface area contributed by atoms with Crippen LogP contribution in [0.1, 0.15) is 19.4 Å². The lowest BCUT2D eigenvalue weighted by Crippen LogP contribution is -2.38. The Hall–Kier alpha value is -1.79. The molecule has 6 nitrogen and oxygen atoms in total. The van der Waals surface area contributed by atoms with Crippen molar-refractivity contribution >= 4 is 29.0 Å². The second-order valence-corrected chi connectivity index (χ2v) is 4.76. The SMILES string of the molecule is COC(C)(C)C(=O)Nc1ccc(/C(N)=N/O)cc1Cl. The first kappa shape index (κ1) is 15.3. The maximum Gasteiger partial charge on any atom is 0.256 e. The van der Waals surface area contributed by atoms with E-state index < -0.39 is 5.60 Å². The summed E-state index contributed by atoms with van der Waals surface area (Å²) in [6.07, 6.45) is 0. The van der Waals surface area contributed by atoms with Crippen LogP contribution in [0.25, 0.3) is 0 Å². The zero-order valence-corrected chi connectivity index (χ0v) is 11.7. The fourth-order valence-corrected chi connectivity index (χ4v) is 1.43. The summed E-state index contributed by atoms with van der Waals surface area (Å²) in [6.45, 7) is 3.28. The van der Waals surface area contributed by atoms with Crippen LogP contribution in [0.15, 0.2) is 23.4 Å². The Morgan fingerprint density at radius 3 is 2.63 bits per heavy atom. The number of carbonyl (C=O) groups is 1. The molecule has 0 saturated heterocycles. The molecule has 0 radical (unpaired) electrons. The summed E-state index contributed by atoms with van der Waals surface area (Å²) in [5, 5.41) is 14.4. The molecular weight excluding hydrogens is 270 g/mol. The maximum absolute atomic E-state index is 11.9. The van der Waals surface area contributed by atoms with Crippen molar-refractivity contribution in [2.75, 3.05) is 12.4 Å². The molecule has 0 saturated carbocycles. The highest BCUT2D eigenvalue weighted by Gasteiger charge is 2.27. The van der Waals surface area contributed by atoms with Crippen LogP contribution < -0.4 is 11.1 Å². The number of halogens is 1. The van der Waals surface area contributed by atoms with E-state index in [-0.39, 0.29) is 16.8 Å². The van der Waals surface area contributed by atoms with Gasteiger partial charge >= 0.3 is 0 Å². The van der Waals surface area contributed by atoms with Crippen molar-refractivity contribution in [1.29, 1.82) is 0 Å². The molecule has 0 aromatic heterocycles. The number of nitrogens with zero attached hydrogens (tertiary/aromatic N) is 1. The molecule has 0 aliphatic heterocycles. The minimum atomic E-state index is -0.965. The number of amidine groups is 1. The summed E-state index contributed by atoms with van der Waals surface area (Å²) in [4.78, 5) is 11.9. The summed E-state index contributed by atoms with van der Waals surface area (Å²) in [6, 6.07) is 4.64. The molecule has 0 aliphatic carbocycles. The van der Waals surface area contributed by atoms with E-state index in [9.17, 15) is 4.79 Å². The molecule has 0 atom stereocenters. The van der Waals surface area contributed by atoms with Crippen LogP contribution in [0, 0.1) is 0 Å². The van der Waals surface area contributed by atoms with Gasteiger partial charge in [0, 0.05) is 12.7 Å². The van der Waals surface area contributed by atoms with Crippen LogP contribution >= 0.6 is 11.6 Å². The Balaban J connectivity index is 2.96. The zero-order chi connectivity index (χ0) is 14.6. The van der Waals surface area contributed by atoms with Gasteiger partial charge in [0.25, 0.3) is 5.91 Å². The third-order valence-electron chi connectivity index (χ3n) is 2.68. The number of hydrogen-bond acceptors (Lipinski definition) is 4. The van der Waals surface area contributed by atoms with E-state index >= 15 is 0 Å². The minimum Gasteiger partial charge on any atom is -0.409 e. The maximum atomic E-state index is 11.9. The average molecular weight is 286 g/mol. The van der Waals surface area contributed by atoms with Crippen LogP contribution in [0.3, 0.4) is 0 Å². The van der Waals surface area contributed by atoms with E-state index in [4.69, 9.17) is 27.3 Å². The molecule has 0 aliphatic rings. The second-order valence-electron chi connectivity index (χ2n) is 4.35. The first-order chi connectivity index (χ1) is 8.81. The lowest BCUT2D eigenvalue weighted by atomic mass is 10.1. The average Bonchev–Trinajstić information content (AvgIpc) is 2.39. The molecule has 19 heavy (non-hydrogen) atoms. The van der Waals surface area contributed by atoms with Crippen LogP contribution in [0.5, 0.6) is 0 Å². The molecule has 1 amide bonds. The molecule has 0 heterocycles. The molecule has 0 unspecified atom stereocenters. The number of oxime groups is 1. The molecule has 1 aromatic rings. The molecule has 0 fully saturated rings. The zero-order valence-electron chi connectivity index (χ0n) is 10.9. The predicted octanol–water partition coefficient (Wildman–Crippen LogP) is 1.80. The number of methoxy groups -OCH3 is 1. The molecular formula is C12H16ClN3O3. The first-order valence-corrected chi connectivity index (χ1v) is 5.83. The van der Waals surface area contributed by atoms with Crippen molar-refractivity contribution in [3.8, 4) is 0 Å². The Morgan fingerprint density at radius 1 is 1.53 bits per heavy atom. The standard InChI is InChI=1S/C12H16ClN3O3/c1-12(2,19-3)11(17)15-9-5-4-7(6-8(9)13)10(14)16-18/h4-6,18H,1-3H3,(H2,14,16)(H,15,17). The monoisotopic (exact) mass is 285 g/mol. The number of nitrogens with two attached hydrogens (primary N) is 1. The van der Waals surface area contributed by atoms with Crippen molar-refractivity contribution in [3.05, 3.63) is 28.8 Å². The number of benzene rings is 1. The lowest BCUT2D eigenvalue weighted by Gasteiger charge is -2.22. The number of anilines is 1. The number of carbonyl (C=O) groups excluding carboxylic acids is 1. The van der Waals surface area contributed by atoms with Gasteiger partial charge in [0.1, 0.15) is 5.60 Å². The number of amides is 1. The van der Waals surface area contributed by atoms with Crippen LogP contribution in [-0.2, 0) is 9.53 Å². The van der Waals surface area contributed by atoms with Crippen molar-refractivity contribution in [1.82, 2.24) is 0 Å². The van der Waals surface area contributed by atoms with E-state index in [0.717, 1.165) is 0 Å². The first-order valence-electron chi connectivity index (χ1n) is 5.46. The highest BCUT2D eigenvalue weighted by atomic mass is 35.5. The van der Waals surface area contributed by atoms with Crippen LogP contribution in [-0.4, -0.2) is 29.7 Å². The Kier molecular flexibility index (Phi) is 4.74. The lowest BCUT2D eigenvalue weighted by molar-refractivity contribution is -0.133.